The van der Waals surface area contributed by atoms with E-state index in [1.807, 2.05) is 13.0 Å². The van der Waals surface area contributed by atoms with Crippen LogP contribution < -0.4 is 6.15 Å². The lowest BCUT2D eigenvalue weighted by Gasteiger charge is -2.70. The molecule has 0 aromatic heterocycles. The summed E-state index contributed by atoms with van der Waals surface area (Å²) < 4.78 is 0. The molecule has 4 fully saturated rings. The Labute approximate surface area is 212 Å². The zero-order chi connectivity index (χ0) is 25.1. The highest BCUT2D eigenvalue weighted by Crippen LogP contribution is 2.75. The molecule has 0 saturated heterocycles. The number of rotatable bonds is 1. The van der Waals surface area contributed by atoms with E-state index in [-0.39, 0.29) is 56.9 Å². The maximum atomic E-state index is 14.2. The Morgan fingerprint density at radius 2 is 1.54 bits per heavy atom. The standard InChI is InChI=1S/C30H46O4.H3N/c1-25(2)21-8-11-30(7)23(28(21,5)10-9-22(25)32)20(31)16-18-19-17-27(4,24(33)34)13-12-26(19,3)14-15-29(18,30)6;/h16,19,21-23,32H,8-15,17H2,1-7H3,(H,33,34);1H3/t19-,21-,22-,23+,26+,27-,28-,29+,30+;/m0./s1. The second-order valence-corrected chi connectivity index (χ2v) is 14.9. The molecule has 5 N–H and O–H groups in total. The number of hydrogen-bond acceptors (Lipinski definition) is 4. The van der Waals surface area contributed by atoms with Gasteiger partial charge in [-0.15, -0.1) is 0 Å². The van der Waals surface area contributed by atoms with E-state index in [4.69, 9.17) is 0 Å². The molecule has 198 valence electrons. The summed E-state index contributed by atoms with van der Waals surface area (Å²) in [4.78, 5) is 26.4. The van der Waals surface area contributed by atoms with E-state index in [0.717, 1.165) is 51.4 Å². The smallest absolute Gasteiger partial charge is 0.309 e. The van der Waals surface area contributed by atoms with Gasteiger partial charge in [0.15, 0.2) is 5.78 Å². The van der Waals surface area contributed by atoms with Crippen LogP contribution in [-0.4, -0.2) is 28.1 Å². The molecule has 5 aliphatic rings. The summed E-state index contributed by atoms with van der Waals surface area (Å²) in [6.45, 7) is 15.8. The number of aliphatic hydroxyl groups excluding tert-OH is 1. The highest BCUT2D eigenvalue weighted by atomic mass is 16.4. The van der Waals surface area contributed by atoms with Gasteiger partial charge in [0, 0.05) is 5.92 Å². The van der Waals surface area contributed by atoms with Crippen molar-refractivity contribution in [2.24, 2.45) is 50.2 Å². The van der Waals surface area contributed by atoms with E-state index in [0.29, 0.717) is 12.3 Å². The highest BCUT2D eigenvalue weighted by Gasteiger charge is 2.70. The first-order valence-electron chi connectivity index (χ1n) is 13.7. The average Bonchev–Trinajstić information content (AvgIpc) is 2.73. The largest absolute Gasteiger partial charge is 0.481 e. The molecule has 0 unspecified atom stereocenters. The number of aliphatic hydroxyl groups is 1. The van der Waals surface area contributed by atoms with Crippen molar-refractivity contribution in [3.8, 4) is 0 Å². The van der Waals surface area contributed by atoms with Gasteiger partial charge in [0.2, 0.25) is 0 Å². The summed E-state index contributed by atoms with van der Waals surface area (Å²) >= 11 is 0. The van der Waals surface area contributed by atoms with Crippen LogP contribution in [0.2, 0.25) is 0 Å². The summed E-state index contributed by atoms with van der Waals surface area (Å²) in [5.41, 5.74) is 0.142. The number of hydrogen-bond donors (Lipinski definition) is 3. The summed E-state index contributed by atoms with van der Waals surface area (Å²) in [7, 11) is 0. The fourth-order valence-electron chi connectivity index (χ4n) is 10.4. The Hall–Kier alpha value is -1.20. The minimum Gasteiger partial charge on any atom is -0.481 e. The molecule has 5 aliphatic carbocycles. The summed E-state index contributed by atoms with van der Waals surface area (Å²) in [6.07, 6.45) is 9.95. The van der Waals surface area contributed by atoms with Gasteiger partial charge < -0.3 is 16.4 Å². The molecule has 35 heavy (non-hydrogen) atoms. The van der Waals surface area contributed by atoms with E-state index in [9.17, 15) is 19.8 Å². The van der Waals surface area contributed by atoms with Crippen LogP contribution in [0.3, 0.4) is 0 Å². The summed E-state index contributed by atoms with van der Waals surface area (Å²) in [5, 5.41) is 20.9. The molecule has 0 heterocycles. The van der Waals surface area contributed by atoms with E-state index in [2.05, 4.69) is 41.5 Å². The number of carbonyl (C=O) groups excluding carboxylic acids is 1. The van der Waals surface area contributed by atoms with E-state index in [1.165, 1.54) is 5.57 Å². The quantitative estimate of drug-likeness (QED) is 0.387. The monoisotopic (exact) mass is 487 g/mol. The lowest BCUT2D eigenvalue weighted by molar-refractivity contribution is -0.202. The van der Waals surface area contributed by atoms with Crippen LogP contribution in [0.15, 0.2) is 11.6 Å². The fraction of sp³-hybridized carbons (Fsp3) is 0.867. The van der Waals surface area contributed by atoms with Gasteiger partial charge in [-0.05, 0) is 110 Å². The predicted molar refractivity (Wildman–Crippen MR) is 138 cm³/mol. The minimum absolute atomic E-state index is 0. The van der Waals surface area contributed by atoms with Crippen LogP contribution in [0.5, 0.6) is 0 Å². The Morgan fingerprint density at radius 1 is 0.914 bits per heavy atom. The SMILES string of the molecule is CC1(C)[C@@H](O)CC[C@]2(C)[C@H]3C(=O)C=C4[C@@H]5C[C@@](C)(C(=O)O)CC[C@]5(C)CC[C@@]4(C)[C@]3(C)CC[C@@H]12.N. The zero-order valence-corrected chi connectivity index (χ0v) is 23.2. The van der Waals surface area contributed by atoms with Crippen molar-refractivity contribution in [3.05, 3.63) is 11.6 Å². The molecule has 0 amide bonds. The van der Waals surface area contributed by atoms with Crippen molar-refractivity contribution in [1.82, 2.24) is 6.15 Å². The second-order valence-electron chi connectivity index (χ2n) is 14.9. The molecule has 5 heteroatoms. The van der Waals surface area contributed by atoms with Crippen LogP contribution in [0.25, 0.3) is 0 Å². The summed E-state index contributed by atoms with van der Waals surface area (Å²) in [6, 6.07) is 0. The maximum Gasteiger partial charge on any atom is 0.309 e. The van der Waals surface area contributed by atoms with Crippen molar-refractivity contribution >= 4 is 11.8 Å². The van der Waals surface area contributed by atoms with Crippen molar-refractivity contribution in [3.63, 3.8) is 0 Å². The Kier molecular flexibility index (Phi) is 5.88. The van der Waals surface area contributed by atoms with E-state index >= 15 is 0 Å². The topological polar surface area (TPSA) is 110 Å². The number of allylic oxidation sites excluding steroid dienone is 2. The number of aliphatic carboxylic acids is 1. The maximum absolute atomic E-state index is 14.2. The van der Waals surface area contributed by atoms with Crippen LogP contribution in [-0.2, 0) is 9.59 Å². The number of fused-ring (bicyclic) bond motifs is 7. The molecule has 0 bridgehead atoms. The molecule has 5 rings (SSSR count). The van der Waals surface area contributed by atoms with Crippen molar-refractivity contribution in [1.29, 1.82) is 0 Å². The van der Waals surface area contributed by atoms with Crippen molar-refractivity contribution in [2.45, 2.75) is 112 Å². The molecule has 9 atom stereocenters. The predicted octanol–water partition coefficient (Wildman–Crippen LogP) is 6.57. The molecule has 0 aliphatic heterocycles. The summed E-state index contributed by atoms with van der Waals surface area (Å²) in [5.74, 6) is 0.0603. The second kappa shape index (κ2) is 7.66. The van der Waals surface area contributed by atoms with Gasteiger partial charge in [0.1, 0.15) is 0 Å². The van der Waals surface area contributed by atoms with E-state index in [1.54, 1.807) is 0 Å². The molecule has 0 spiro atoms. The van der Waals surface area contributed by atoms with Gasteiger partial charge in [0.05, 0.1) is 11.5 Å². The Balaban J connectivity index is 0.00000289. The first-order valence-corrected chi connectivity index (χ1v) is 13.7. The van der Waals surface area contributed by atoms with Crippen molar-refractivity contribution < 1.29 is 19.8 Å². The lowest BCUT2D eigenvalue weighted by Crippen LogP contribution is -2.66. The molecule has 0 radical (unpaired) electrons. The highest BCUT2D eigenvalue weighted by molar-refractivity contribution is 5.95. The molecular formula is C30H49NO4. The number of carbonyl (C=O) groups is 2. The molecule has 0 aromatic rings. The Morgan fingerprint density at radius 3 is 2.17 bits per heavy atom. The molecular weight excluding hydrogens is 438 g/mol. The minimum atomic E-state index is -0.711. The first-order chi connectivity index (χ1) is 15.6. The van der Waals surface area contributed by atoms with Gasteiger partial charge in [-0.2, -0.15) is 0 Å². The van der Waals surface area contributed by atoms with Gasteiger partial charge in [-0.3, -0.25) is 9.59 Å². The van der Waals surface area contributed by atoms with Crippen LogP contribution in [0.1, 0.15) is 106 Å². The number of carboxylic acid groups (broad SMARTS) is 1. The fourth-order valence-corrected chi connectivity index (χ4v) is 10.4. The molecule has 5 nitrogen and oxygen atoms in total. The van der Waals surface area contributed by atoms with Gasteiger partial charge in [-0.1, -0.05) is 47.1 Å². The third-order valence-electron chi connectivity index (χ3n) is 13.1. The molecule has 0 aromatic carbocycles. The normalized spacial score (nSPS) is 52.6. The average molecular weight is 488 g/mol. The third-order valence-corrected chi connectivity index (χ3v) is 13.1. The van der Waals surface area contributed by atoms with E-state index < -0.39 is 11.4 Å². The van der Waals surface area contributed by atoms with Crippen LogP contribution in [0.4, 0.5) is 0 Å². The number of ketones is 1. The van der Waals surface area contributed by atoms with Crippen molar-refractivity contribution in [2.75, 3.05) is 0 Å². The third kappa shape index (κ3) is 3.19. The van der Waals surface area contributed by atoms with Gasteiger partial charge in [-0.25, -0.2) is 0 Å². The van der Waals surface area contributed by atoms with Crippen LogP contribution >= 0.6 is 0 Å². The first kappa shape index (κ1) is 26.9. The lowest BCUT2D eigenvalue weighted by atomic mass is 9.33. The number of carboxylic acids is 1. The zero-order valence-electron chi connectivity index (χ0n) is 23.2. The van der Waals surface area contributed by atoms with Crippen LogP contribution in [0, 0.1) is 50.2 Å². The Bertz CT molecular complexity index is 971. The van der Waals surface area contributed by atoms with Gasteiger partial charge >= 0.3 is 5.97 Å². The molecule has 4 saturated carbocycles. The van der Waals surface area contributed by atoms with Gasteiger partial charge in [0.25, 0.3) is 0 Å².